The molecule has 0 aliphatic heterocycles. The van der Waals surface area contributed by atoms with Gasteiger partial charge in [-0.1, -0.05) is 30.3 Å². The molecular formula is C16H13N3S. The fourth-order valence-electron chi connectivity index (χ4n) is 2.96. The minimum Gasteiger partial charge on any atom is -0.343 e. The Balaban J connectivity index is 2.15. The molecule has 0 amide bonds. The standard InChI is InChI=1S/C16H13N3S/c1-10-11-6-3-4-9-14(11)19(2)16(10)12-7-5-8-13-15(12)18-20-17-13/h3-9H,1-2H3. The number of rotatable bonds is 1. The highest BCUT2D eigenvalue weighted by Gasteiger charge is 2.16. The van der Waals surface area contributed by atoms with Crippen LogP contribution in [0, 0.1) is 6.92 Å². The number of nitrogens with zero attached hydrogens (tertiary/aromatic N) is 3. The van der Waals surface area contributed by atoms with Gasteiger partial charge in [0.15, 0.2) is 0 Å². The lowest BCUT2D eigenvalue weighted by Gasteiger charge is -2.06. The summed E-state index contributed by atoms with van der Waals surface area (Å²) in [7, 11) is 2.11. The van der Waals surface area contributed by atoms with Crippen LogP contribution in [0.1, 0.15) is 5.56 Å². The zero-order chi connectivity index (χ0) is 13.7. The van der Waals surface area contributed by atoms with Crippen molar-refractivity contribution in [3.8, 4) is 11.3 Å². The fourth-order valence-corrected chi connectivity index (χ4v) is 3.51. The van der Waals surface area contributed by atoms with Gasteiger partial charge in [-0.15, -0.1) is 0 Å². The Morgan fingerprint density at radius 1 is 1.00 bits per heavy atom. The van der Waals surface area contributed by atoms with E-state index < -0.39 is 0 Å². The highest BCUT2D eigenvalue weighted by molar-refractivity contribution is 7.00. The lowest BCUT2D eigenvalue weighted by atomic mass is 10.1. The van der Waals surface area contributed by atoms with E-state index in [1.54, 1.807) is 0 Å². The number of aromatic nitrogens is 3. The molecule has 3 nitrogen and oxygen atoms in total. The largest absolute Gasteiger partial charge is 0.343 e. The van der Waals surface area contributed by atoms with Gasteiger partial charge < -0.3 is 4.57 Å². The number of hydrogen-bond donors (Lipinski definition) is 0. The third-order valence-electron chi connectivity index (χ3n) is 3.90. The first-order chi connectivity index (χ1) is 9.77. The van der Waals surface area contributed by atoms with E-state index in [-0.39, 0.29) is 0 Å². The van der Waals surface area contributed by atoms with Gasteiger partial charge >= 0.3 is 0 Å². The number of fused-ring (bicyclic) bond motifs is 2. The second-order valence-corrected chi connectivity index (χ2v) is 5.52. The zero-order valence-electron chi connectivity index (χ0n) is 11.3. The minimum absolute atomic E-state index is 0.970. The van der Waals surface area contributed by atoms with Crippen LogP contribution in [0.5, 0.6) is 0 Å². The zero-order valence-corrected chi connectivity index (χ0v) is 12.1. The molecule has 2 aromatic carbocycles. The molecule has 0 saturated carbocycles. The van der Waals surface area contributed by atoms with Crippen LogP contribution in [0.4, 0.5) is 0 Å². The van der Waals surface area contributed by atoms with E-state index in [4.69, 9.17) is 0 Å². The van der Waals surface area contributed by atoms with Gasteiger partial charge in [0, 0.05) is 23.5 Å². The third kappa shape index (κ3) is 1.45. The van der Waals surface area contributed by atoms with E-state index in [9.17, 15) is 0 Å². The number of aryl methyl sites for hydroxylation is 2. The van der Waals surface area contributed by atoms with Gasteiger partial charge in [-0.05, 0) is 24.6 Å². The van der Waals surface area contributed by atoms with Crippen molar-refractivity contribution in [2.45, 2.75) is 6.92 Å². The lowest BCUT2D eigenvalue weighted by Crippen LogP contribution is -1.93. The Labute approximate surface area is 120 Å². The van der Waals surface area contributed by atoms with Gasteiger partial charge in [0.25, 0.3) is 0 Å². The minimum atomic E-state index is 0.970. The highest BCUT2D eigenvalue weighted by Crippen LogP contribution is 2.35. The Morgan fingerprint density at radius 3 is 2.70 bits per heavy atom. The number of para-hydroxylation sites is 1. The van der Waals surface area contributed by atoms with Crippen molar-refractivity contribution in [3.63, 3.8) is 0 Å². The smallest absolute Gasteiger partial charge is 0.114 e. The lowest BCUT2D eigenvalue weighted by molar-refractivity contribution is 0.975. The van der Waals surface area contributed by atoms with Crippen molar-refractivity contribution < 1.29 is 0 Å². The monoisotopic (exact) mass is 279 g/mol. The van der Waals surface area contributed by atoms with Crippen LogP contribution in [0.3, 0.4) is 0 Å². The van der Waals surface area contributed by atoms with Crippen LogP contribution in [-0.4, -0.2) is 13.3 Å². The van der Waals surface area contributed by atoms with Gasteiger partial charge in [-0.2, -0.15) is 8.75 Å². The predicted octanol–water partition coefficient (Wildman–Crippen LogP) is 4.16. The molecule has 0 atom stereocenters. The normalized spacial score (nSPS) is 11.5. The fraction of sp³-hybridized carbons (Fsp3) is 0.125. The van der Waals surface area contributed by atoms with Crippen molar-refractivity contribution in [2.75, 3.05) is 0 Å². The van der Waals surface area contributed by atoms with Crippen LogP contribution in [0.15, 0.2) is 42.5 Å². The molecule has 20 heavy (non-hydrogen) atoms. The Morgan fingerprint density at radius 2 is 1.85 bits per heavy atom. The van der Waals surface area contributed by atoms with Gasteiger partial charge in [0.1, 0.15) is 11.0 Å². The van der Waals surface area contributed by atoms with Gasteiger partial charge in [0.05, 0.1) is 17.4 Å². The van der Waals surface area contributed by atoms with Crippen molar-refractivity contribution in [1.82, 2.24) is 13.3 Å². The molecule has 0 fully saturated rings. The van der Waals surface area contributed by atoms with Crippen molar-refractivity contribution >= 4 is 33.7 Å². The number of benzene rings is 2. The molecule has 0 bridgehead atoms. The molecule has 0 N–H and O–H groups in total. The summed E-state index contributed by atoms with van der Waals surface area (Å²) in [6, 6.07) is 14.7. The maximum atomic E-state index is 4.46. The molecule has 0 unspecified atom stereocenters. The predicted molar refractivity (Wildman–Crippen MR) is 84.1 cm³/mol. The Hall–Kier alpha value is -2.20. The summed E-state index contributed by atoms with van der Waals surface area (Å²) in [6.07, 6.45) is 0. The molecule has 0 aliphatic carbocycles. The molecule has 0 saturated heterocycles. The molecule has 98 valence electrons. The summed E-state index contributed by atoms with van der Waals surface area (Å²) in [5.74, 6) is 0. The summed E-state index contributed by atoms with van der Waals surface area (Å²) >= 11 is 1.27. The van der Waals surface area contributed by atoms with E-state index in [0.29, 0.717) is 0 Å². The summed E-state index contributed by atoms with van der Waals surface area (Å²) in [5, 5.41) is 1.30. The first-order valence-electron chi connectivity index (χ1n) is 6.53. The van der Waals surface area contributed by atoms with Gasteiger partial charge in [-0.3, -0.25) is 0 Å². The van der Waals surface area contributed by atoms with E-state index in [1.807, 2.05) is 6.07 Å². The molecule has 2 aromatic heterocycles. The van der Waals surface area contributed by atoms with Crippen molar-refractivity contribution in [1.29, 1.82) is 0 Å². The molecule has 0 radical (unpaired) electrons. The van der Waals surface area contributed by atoms with Crippen molar-refractivity contribution in [3.05, 3.63) is 48.0 Å². The van der Waals surface area contributed by atoms with E-state index in [0.717, 1.165) is 16.6 Å². The van der Waals surface area contributed by atoms with Crippen LogP contribution >= 0.6 is 11.7 Å². The first kappa shape index (κ1) is 11.6. The molecule has 4 aromatic rings. The molecular weight excluding hydrogens is 266 g/mol. The number of hydrogen-bond acceptors (Lipinski definition) is 3. The molecule has 4 rings (SSSR count). The van der Waals surface area contributed by atoms with Crippen LogP contribution < -0.4 is 0 Å². The summed E-state index contributed by atoms with van der Waals surface area (Å²) in [6.45, 7) is 2.18. The Bertz CT molecular complexity index is 894. The van der Waals surface area contributed by atoms with Crippen LogP contribution in [-0.2, 0) is 7.05 Å². The first-order valence-corrected chi connectivity index (χ1v) is 7.26. The second kappa shape index (κ2) is 4.15. The molecule has 0 spiro atoms. The summed E-state index contributed by atoms with van der Waals surface area (Å²) in [5.41, 5.74) is 6.89. The highest BCUT2D eigenvalue weighted by atomic mass is 32.1. The van der Waals surface area contributed by atoms with Crippen LogP contribution in [0.2, 0.25) is 0 Å². The van der Waals surface area contributed by atoms with Gasteiger partial charge in [-0.25, -0.2) is 0 Å². The summed E-state index contributed by atoms with van der Waals surface area (Å²) in [4.78, 5) is 0. The average molecular weight is 279 g/mol. The van der Waals surface area contributed by atoms with E-state index in [2.05, 4.69) is 63.7 Å². The SMILES string of the molecule is Cc1c(-c2cccc3nsnc23)n(C)c2ccccc12. The second-order valence-electron chi connectivity index (χ2n) is 4.99. The molecule has 0 aliphatic rings. The Kier molecular flexibility index (Phi) is 2.41. The quantitative estimate of drug-likeness (QED) is 0.524. The van der Waals surface area contributed by atoms with Crippen LogP contribution in [0.25, 0.3) is 33.2 Å². The van der Waals surface area contributed by atoms with E-state index in [1.165, 1.54) is 33.9 Å². The third-order valence-corrected chi connectivity index (χ3v) is 4.44. The maximum Gasteiger partial charge on any atom is 0.114 e. The molecule has 4 heteroatoms. The molecule has 2 heterocycles. The van der Waals surface area contributed by atoms with E-state index >= 15 is 0 Å². The van der Waals surface area contributed by atoms with Crippen molar-refractivity contribution in [2.24, 2.45) is 7.05 Å². The summed E-state index contributed by atoms with van der Waals surface area (Å²) < 4.78 is 11.1. The average Bonchev–Trinajstić information content (AvgIpc) is 3.04. The maximum absolute atomic E-state index is 4.46. The van der Waals surface area contributed by atoms with Gasteiger partial charge in [0.2, 0.25) is 0 Å². The topological polar surface area (TPSA) is 30.7 Å².